The molecule has 0 unspecified atom stereocenters. The summed E-state index contributed by atoms with van der Waals surface area (Å²) in [6.07, 6.45) is 9.46. The Labute approximate surface area is 127 Å². The molecule has 0 aromatic heterocycles. The van der Waals surface area contributed by atoms with Crippen LogP contribution in [0.25, 0.3) is 0 Å². The van der Waals surface area contributed by atoms with Gasteiger partial charge in [0, 0.05) is 11.6 Å². The van der Waals surface area contributed by atoms with Crippen LogP contribution in [-0.2, 0) is 4.79 Å². The van der Waals surface area contributed by atoms with Gasteiger partial charge in [0.15, 0.2) is 0 Å². The van der Waals surface area contributed by atoms with E-state index in [9.17, 15) is 4.79 Å². The monoisotopic (exact) mass is 283 g/mol. The molecular formula is C19H25NO. The van der Waals surface area contributed by atoms with Gasteiger partial charge >= 0.3 is 0 Å². The number of amides is 1. The van der Waals surface area contributed by atoms with E-state index in [1.165, 1.54) is 31.2 Å². The molecule has 0 radical (unpaired) electrons. The molecule has 0 aliphatic heterocycles. The zero-order valence-corrected chi connectivity index (χ0v) is 13.3. The average molecular weight is 283 g/mol. The van der Waals surface area contributed by atoms with Crippen LogP contribution in [0.2, 0.25) is 0 Å². The Balaban J connectivity index is 1.73. The molecule has 112 valence electrons. The molecule has 3 rings (SSSR count). The van der Waals surface area contributed by atoms with E-state index in [0.29, 0.717) is 11.8 Å². The lowest BCUT2D eigenvalue weighted by atomic mass is 10.0. The van der Waals surface area contributed by atoms with Gasteiger partial charge < -0.3 is 5.32 Å². The second-order valence-electron chi connectivity index (χ2n) is 6.74. The zero-order valence-electron chi connectivity index (χ0n) is 13.3. The number of anilines is 1. The fourth-order valence-electron chi connectivity index (χ4n) is 3.88. The predicted molar refractivity (Wildman–Crippen MR) is 87.4 cm³/mol. The van der Waals surface area contributed by atoms with Crippen molar-refractivity contribution >= 4 is 11.6 Å². The first-order chi connectivity index (χ1) is 10.1. The molecule has 1 aromatic carbocycles. The number of aryl methyl sites for hydroxylation is 3. The predicted octanol–water partition coefficient (Wildman–Crippen LogP) is 4.54. The average Bonchev–Trinajstić information content (AvgIpc) is 3.05. The molecule has 1 saturated carbocycles. The number of fused-ring (bicyclic) bond motifs is 1. The summed E-state index contributed by atoms with van der Waals surface area (Å²) in [7, 11) is 0. The fourth-order valence-corrected chi connectivity index (χ4v) is 3.88. The van der Waals surface area contributed by atoms with E-state index >= 15 is 0 Å². The number of rotatable bonds is 2. The summed E-state index contributed by atoms with van der Waals surface area (Å²) in [5, 5.41) is 3.19. The van der Waals surface area contributed by atoms with Gasteiger partial charge in [0.1, 0.15) is 0 Å². The van der Waals surface area contributed by atoms with Crippen LogP contribution < -0.4 is 5.32 Å². The lowest BCUT2D eigenvalue weighted by Gasteiger charge is -2.13. The summed E-state index contributed by atoms with van der Waals surface area (Å²) in [6, 6.07) is 4.27. The van der Waals surface area contributed by atoms with Gasteiger partial charge in [0.2, 0.25) is 5.91 Å². The van der Waals surface area contributed by atoms with Crippen LogP contribution >= 0.6 is 0 Å². The topological polar surface area (TPSA) is 29.1 Å². The summed E-state index contributed by atoms with van der Waals surface area (Å²) in [5.74, 6) is 1.47. The first-order valence-corrected chi connectivity index (χ1v) is 8.13. The number of allylic oxidation sites excluding steroid dienone is 2. The summed E-state index contributed by atoms with van der Waals surface area (Å²) in [5.41, 5.74) is 4.58. The van der Waals surface area contributed by atoms with E-state index in [-0.39, 0.29) is 11.8 Å². The van der Waals surface area contributed by atoms with Crippen molar-refractivity contribution in [3.05, 3.63) is 41.0 Å². The lowest BCUT2D eigenvalue weighted by molar-refractivity contribution is -0.117. The number of hydrogen-bond acceptors (Lipinski definition) is 1. The van der Waals surface area contributed by atoms with Gasteiger partial charge in [-0.2, -0.15) is 0 Å². The van der Waals surface area contributed by atoms with Crippen molar-refractivity contribution in [2.45, 2.75) is 46.5 Å². The molecule has 0 saturated heterocycles. The molecule has 3 atom stereocenters. The maximum atomic E-state index is 12.6. The van der Waals surface area contributed by atoms with Crippen molar-refractivity contribution in [3.8, 4) is 0 Å². The third-order valence-electron chi connectivity index (χ3n) is 4.97. The SMILES string of the molecule is Cc1cc(C)c(NC(=O)[C@H]2[C@H]3/C=C\CCCC[C@@H]32)c(C)c1. The Bertz CT molecular complexity index is 564. The highest BCUT2D eigenvalue weighted by molar-refractivity contribution is 5.96. The smallest absolute Gasteiger partial charge is 0.228 e. The van der Waals surface area contributed by atoms with Gasteiger partial charge in [-0.25, -0.2) is 0 Å². The van der Waals surface area contributed by atoms with Gasteiger partial charge in [-0.15, -0.1) is 0 Å². The molecule has 0 bridgehead atoms. The molecule has 2 aliphatic carbocycles. The second kappa shape index (κ2) is 5.67. The van der Waals surface area contributed by atoms with Crippen molar-refractivity contribution in [2.75, 3.05) is 5.32 Å². The van der Waals surface area contributed by atoms with Crippen LogP contribution in [0.5, 0.6) is 0 Å². The highest BCUT2D eigenvalue weighted by Gasteiger charge is 2.52. The Morgan fingerprint density at radius 2 is 1.86 bits per heavy atom. The van der Waals surface area contributed by atoms with Crippen molar-refractivity contribution in [1.82, 2.24) is 0 Å². The second-order valence-corrected chi connectivity index (χ2v) is 6.74. The minimum atomic E-state index is 0.194. The molecule has 1 aromatic rings. The maximum absolute atomic E-state index is 12.6. The minimum absolute atomic E-state index is 0.194. The fraction of sp³-hybridized carbons (Fsp3) is 0.526. The van der Waals surface area contributed by atoms with Crippen LogP contribution in [0.15, 0.2) is 24.3 Å². The van der Waals surface area contributed by atoms with Crippen molar-refractivity contribution in [1.29, 1.82) is 0 Å². The van der Waals surface area contributed by atoms with Gasteiger partial charge in [-0.05, 0) is 63.0 Å². The Kier molecular flexibility index (Phi) is 3.88. The molecule has 1 amide bonds. The number of benzene rings is 1. The molecule has 2 nitrogen and oxygen atoms in total. The molecule has 2 aliphatic rings. The largest absolute Gasteiger partial charge is 0.325 e. The van der Waals surface area contributed by atoms with Gasteiger partial charge in [-0.3, -0.25) is 4.79 Å². The molecule has 0 spiro atoms. The molecule has 21 heavy (non-hydrogen) atoms. The lowest BCUT2D eigenvalue weighted by Crippen LogP contribution is -2.17. The summed E-state index contributed by atoms with van der Waals surface area (Å²) < 4.78 is 0. The van der Waals surface area contributed by atoms with Gasteiger partial charge in [-0.1, -0.05) is 36.3 Å². The number of nitrogens with one attached hydrogen (secondary N) is 1. The number of carbonyl (C=O) groups is 1. The third-order valence-corrected chi connectivity index (χ3v) is 4.97. The molecule has 1 N–H and O–H groups in total. The highest BCUT2D eigenvalue weighted by atomic mass is 16.2. The maximum Gasteiger partial charge on any atom is 0.228 e. The Morgan fingerprint density at radius 3 is 2.57 bits per heavy atom. The molecule has 2 heteroatoms. The number of carbonyl (C=O) groups excluding carboxylic acids is 1. The third kappa shape index (κ3) is 2.90. The minimum Gasteiger partial charge on any atom is -0.325 e. The van der Waals surface area contributed by atoms with Crippen LogP contribution in [0.3, 0.4) is 0 Å². The molecular weight excluding hydrogens is 258 g/mol. The quantitative estimate of drug-likeness (QED) is 0.793. The summed E-state index contributed by atoms with van der Waals surface area (Å²) in [6.45, 7) is 6.25. The zero-order chi connectivity index (χ0) is 15.0. The Morgan fingerprint density at radius 1 is 1.14 bits per heavy atom. The van der Waals surface area contributed by atoms with E-state index in [0.717, 1.165) is 16.8 Å². The summed E-state index contributed by atoms with van der Waals surface area (Å²) >= 11 is 0. The normalized spacial score (nSPS) is 29.0. The summed E-state index contributed by atoms with van der Waals surface area (Å²) in [4.78, 5) is 12.6. The van der Waals surface area contributed by atoms with Gasteiger partial charge in [0.25, 0.3) is 0 Å². The highest BCUT2D eigenvalue weighted by Crippen LogP contribution is 2.52. The first-order valence-electron chi connectivity index (χ1n) is 8.13. The first kappa shape index (κ1) is 14.4. The van der Waals surface area contributed by atoms with Crippen LogP contribution in [0, 0.1) is 38.5 Å². The molecule has 1 fully saturated rings. The van der Waals surface area contributed by atoms with Crippen LogP contribution in [-0.4, -0.2) is 5.91 Å². The number of hydrogen-bond donors (Lipinski definition) is 1. The van der Waals surface area contributed by atoms with Crippen LogP contribution in [0.1, 0.15) is 42.4 Å². The van der Waals surface area contributed by atoms with E-state index < -0.39 is 0 Å². The van der Waals surface area contributed by atoms with E-state index in [2.05, 4.69) is 50.4 Å². The standard InChI is InChI=1S/C19H25NO/c1-12-10-13(2)18(14(3)11-12)20-19(21)17-15-8-6-4-5-7-9-16(15)17/h6,8,10-11,15-17H,4-5,7,9H2,1-3H3,(H,20,21)/b8-6-/t15-,16-,17-/m0/s1. The Hall–Kier alpha value is -1.57. The van der Waals surface area contributed by atoms with E-state index in [1.807, 2.05) is 0 Å². The van der Waals surface area contributed by atoms with E-state index in [1.54, 1.807) is 0 Å². The van der Waals surface area contributed by atoms with E-state index in [4.69, 9.17) is 0 Å². The van der Waals surface area contributed by atoms with Crippen molar-refractivity contribution < 1.29 is 4.79 Å². The van der Waals surface area contributed by atoms with Crippen LogP contribution in [0.4, 0.5) is 5.69 Å². The van der Waals surface area contributed by atoms with Crippen molar-refractivity contribution in [2.24, 2.45) is 17.8 Å². The molecule has 0 heterocycles. The van der Waals surface area contributed by atoms with Gasteiger partial charge in [0.05, 0.1) is 0 Å². The van der Waals surface area contributed by atoms with Crippen molar-refractivity contribution in [3.63, 3.8) is 0 Å².